The molecule has 108 valence electrons. The molecule has 0 aliphatic rings. The van der Waals surface area contributed by atoms with Gasteiger partial charge in [0.2, 0.25) is 0 Å². The average Bonchev–Trinajstić information content (AvgIpc) is 2.36. The monoisotopic (exact) mass is 265 g/mol. The standard InChI is InChI=1S/C16H27NO2/c1-6-17-10-14(11-18-5)19-16-9-13(4)7-8-15(16)12(2)3/h7-9,12,14,17H,6,10-11H2,1-5H3. The fourth-order valence-electron chi connectivity index (χ4n) is 2.03. The number of aryl methyl sites for hydroxylation is 1. The normalized spacial score (nSPS) is 12.7. The molecule has 1 N–H and O–H groups in total. The van der Waals surface area contributed by atoms with Gasteiger partial charge in [0.15, 0.2) is 0 Å². The summed E-state index contributed by atoms with van der Waals surface area (Å²) in [5.41, 5.74) is 2.47. The Morgan fingerprint density at radius 3 is 2.58 bits per heavy atom. The van der Waals surface area contributed by atoms with Crippen LogP contribution in [0.25, 0.3) is 0 Å². The highest BCUT2D eigenvalue weighted by atomic mass is 16.5. The summed E-state index contributed by atoms with van der Waals surface area (Å²) in [6.07, 6.45) is 0.0456. The fourth-order valence-corrected chi connectivity index (χ4v) is 2.03. The number of ether oxygens (including phenoxy) is 2. The quantitative estimate of drug-likeness (QED) is 0.783. The summed E-state index contributed by atoms with van der Waals surface area (Å²) in [5.74, 6) is 1.44. The highest BCUT2D eigenvalue weighted by Crippen LogP contribution is 2.28. The van der Waals surface area contributed by atoms with Gasteiger partial charge in [0.05, 0.1) is 6.61 Å². The lowest BCUT2D eigenvalue weighted by atomic mass is 10.0. The average molecular weight is 265 g/mol. The van der Waals surface area contributed by atoms with Crippen LogP contribution in [0.5, 0.6) is 5.75 Å². The van der Waals surface area contributed by atoms with Crippen LogP contribution in [0.1, 0.15) is 37.8 Å². The van der Waals surface area contributed by atoms with Crippen LogP contribution < -0.4 is 10.1 Å². The number of nitrogens with one attached hydrogen (secondary N) is 1. The summed E-state index contributed by atoms with van der Waals surface area (Å²) >= 11 is 0. The van der Waals surface area contributed by atoms with Crippen LogP contribution in [0.15, 0.2) is 18.2 Å². The zero-order chi connectivity index (χ0) is 14.3. The molecule has 1 rings (SSSR count). The first kappa shape index (κ1) is 16.0. The predicted octanol–water partition coefficient (Wildman–Crippen LogP) is 3.12. The predicted molar refractivity (Wildman–Crippen MR) is 80.1 cm³/mol. The van der Waals surface area contributed by atoms with Crippen molar-refractivity contribution in [1.82, 2.24) is 5.32 Å². The smallest absolute Gasteiger partial charge is 0.134 e. The van der Waals surface area contributed by atoms with Crippen molar-refractivity contribution in [3.05, 3.63) is 29.3 Å². The zero-order valence-corrected chi connectivity index (χ0v) is 12.8. The molecule has 0 bridgehead atoms. The van der Waals surface area contributed by atoms with Crippen molar-refractivity contribution in [3.8, 4) is 5.75 Å². The van der Waals surface area contributed by atoms with Gasteiger partial charge in [0, 0.05) is 13.7 Å². The summed E-state index contributed by atoms with van der Waals surface area (Å²) in [6, 6.07) is 6.41. The highest BCUT2D eigenvalue weighted by Gasteiger charge is 2.14. The Morgan fingerprint density at radius 1 is 1.26 bits per heavy atom. The van der Waals surface area contributed by atoms with E-state index in [0.717, 1.165) is 18.8 Å². The minimum Gasteiger partial charge on any atom is -0.486 e. The van der Waals surface area contributed by atoms with Crippen molar-refractivity contribution in [3.63, 3.8) is 0 Å². The Morgan fingerprint density at radius 2 is 2.00 bits per heavy atom. The van der Waals surface area contributed by atoms with Gasteiger partial charge in [-0.25, -0.2) is 0 Å². The third kappa shape index (κ3) is 5.21. The number of hydrogen-bond donors (Lipinski definition) is 1. The molecule has 3 nitrogen and oxygen atoms in total. The Hall–Kier alpha value is -1.06. The molecular formula is C16H27NO2. The van der Waals surface area contributed by atoms with Crippen LogP contribution in [0.4, 0.5) is 0 Å². The van der Waals surface area contributed by atoms with Gasteiger partial charge in [-0.3, -0.25) is 0 Å². The molecule has 0 aromatic heterocycles. The summed E-state index contributed by atoms with van der Waals surface area (Å²) in [4.78, 5) is 0. The Labute approximate surface area is 117 Å². The van der Waals surface area contributed by atoms with Gasteiger partial charge in [-0.15, -0.1) is 0 Å². The van der Waals surface area contributed by atoms with Crippen LogP contribution >= 0.6 is 0 Å². The topological polar surface area (TPSA) is 30.5 Å². The molecule has 19 heavy (non-hydrogen) atoms. The maximum Gasteiger partial charge on any atom is 0.134 e. The van der Waals surface area contributed by atoms with Gasteiger partial charge in [-0.1, -0.05) is 32.9 Å². The summed E-state index contributed by atoms with van der Waals surface area (Å²) in [6.45, 7) is 10.9. The SMILES string of the molecule is CCNCC(COC)Oc1cc(C)ccc1C(C)C. The van der Waals surface area contributed by atoms with Crippen LogP contribution in [0.3, 0.4) is 0 Å². The number of benzene rings is 1. The van der Waals surface area contributed by atoms with Crippen LogP contribution in [0.2, 0.25) is 0 Å². The van der Waals surface area contributed by atoms with Crippen LogP contribution in [0, 0.1) is 6.92 Å². The third-order valence-corrected chi connectivity index (χ3v) is 3.06. The Kier molecular flexibility index (Phi) is 6.89. The molecule has 0 amide bonds. The number of rotatable bonds is 8. The third-order valence-electron chi connectivity index (χ3n) is 3.06. The first-order valence-electron chi connectivity index (χ1n) is 7.05. The summed E-state index contributed by atoms with van der Waals surface area (Å²) in [5, 5.41) is 3.31. The number of methoxy groups -OCH3 is 1. The lowest BCUT2D eigenvalue weighted by molar-refractivity contribution is 0.0801. The van der Waals surface area contributed by atoms with E-state index in [1.807, 2.05) is 0 Å². The van der Waals surface area contributed by atoms with E-state index in [9.17, 15) is 0 Å². The second-order valence-electron chi connectivity index (χ2n) is 5.20. The number of likely N-dealkylation sites (N-methyl/N-ethyl adjacent to an activating group) is 1. The van der Waals surface area contributed by atoms with Gasteiger partial charge in [-0.05, 0) is 36.6 Å². The molecule has 0 aliphatic heterocycles. The molecule has 0 radical (unpaired) electrons. The van der Waals surface area contributed by atoms with Crippen molar-refractivity contribution < 1.29 is 9.47 Å². The van der Waals surface area contributed by atoms with Gasteiger partial charge in [-0.2, -0.15) is 0 Å². The molecule has 0 spiro atoms. The maximum absolute atomic E-state index is 6.14. The van der Waals surface area contributed by atoms with E-state index in [1.54, 1.807) is 7.11 Å². The number of hydrogen-bond acceptors (Lipinski definition) is 3. The lowest BCUT2D eigenvalue weighted by Crippen LogP contribution is -2.35. The highest BCUT2D eigenvalue weighted by molar-refractivity contribution is 5.39. The van der Waals surface area contributed by atoms with E-state index in [4.69, 9.17) is 9.47 Å². The van der Waals surface area contributed by atoms with E-state index < -0.39 is 0 Å². The molecular weight excluding hydrogens is 238 g/mol. The van der Waals surface area contributed by atoms with E-state index in [-0.39, 0.29) is 6.10 Å². The van der Waals surface area contributed by atoms with E-state index in [0.29, 0.717) is 12.5 Å². The maximum atomic E-state index is 6.14. The minimum absolute atomic E-state index is 0.0456. The molecule has 0 saturated carbocycles. The fraction of sp³-hybridized carbons (Fsp3) is 0.625. The van der Waals surface area contributed by atoms with E-state index in [1.165, 1.54) is 11.1 Å². The minimum atomic E-state index is 0.0456. The Bertz CT molecular complexity index is 377. The van der Waals surface area contributed by atoms with Crippen LogP contribution in [-0.2, 0) is 4.74 Å². The van der Waals surface area contributed by atoms with Gasteiger partial charge >= 0.3 is 0 Å². The second-order valence-corrected chi connectivity index (χ2v) is 5.20. The molecule has 3 heteroatoms. The first-order valence-corrected chi connectivity index (χ1v) is 7.05. The zero-order valence-electron chi connectivity index (χ0n) is 12.8. The molecule has 1 aromatic carbocycles. The lowest BCUT2D eigenvalue weighted by Gasteiger charge is -2.22. The molecule has 1 atom stereocenters. The molecule has 1 aromatic rings. The summed E-state index contributed by atoms with van der Waals surface area (Å²) < 4.78 is 11.4. The summed E-state index contributed by atoms with van der Waals surface area (Å²) in [7, 11) is 1.71. The van der Waals surface area contributed by atoms with Crippen molar-refractivity contribution >= 4 is 0 Å². The largest absolute Gasteiger partial charge is 0.486 e. The molecule has 1 unspecified atom stereocenters. The van der Waals surface area contributed by atoms with Crippen molar-refractivity contribution in [2.24, 2.45) is 0 Å². The van der Waals surface area contributed by atoms with Gasteiger partial charge < -0.3 is 14.8 Å². The van der Waals surface area contributed by atoms with Crippen molar-refractivity contribution in [2.75, 3.05) is 26.8 Å². The van der Waals surface area contributed by atoms with E-state index >= 15 is 0 Å². The molecule has 0 fully saturated rings. The van der Waals surface area contributed by atoms with Crippen molar-refractivity contribution in [1.29, 1.82) is 0 Å². The van der Waals surface area contributed by atoms with Crippen molar-refractivity contribution in [2.45, 2.75) is 39.7 Å². The van der Waals surface area contributed by atoms with Gasteiger partial charge in [0.1, 0.15) is 11.9 Å². The Balaban J connectivity index is 2.84. The molecule has 0 aliphatic carbocycles. The van der Waals surface area contributed by atoms with Crippen LogP contribution in [-0.4, -0.2) is 32.9 Å². The molecule has 0 heterocycles. The molecule has 0 saturated heterocycles. The first-order chi connectivity index (χ1) is 9.08. The van der Waals surface area contributed by atoms with Gasteiger partial charge in [0.25, 0.3) is 0 Å². The second kappa shape index (κ2) is 8.18. The van der Waals surface area contributed by atoms with E-state index in [2.05, 4.69) is 51.2 Å².